The number of carboxylic acids is 1. The molecule has 6 aliphatic rings. The lowest BCUT2D eigenvalue weighted by Crippen LogP contribution is -2.66. The van der Waals surface area contributed by atoms with Crippen molar-refractivity contribution in [2.24, 2.45) is 40.4 Å². The van der Waals surface area contributed by atoms with Crippen LogP contribution in [0, 0.1) is 40.4 Å². The van der Waals surface area contributed by atoms with Crippen LogP contribution in [-0.4, -0.2) is 140 Å². The van der Waals surface area contributed by atoms with Crippen LogP contribution in [0.3, 0.4) is 0 Å². The zero-order valence-electron chi connectivity index (χ0n) is 29.5. The molecule has 1 spiro atoms. The number of fused-ring (bicyclic) bond motifs is 3. The monoisotopic (exact) mass is 728 g/mol. The second kappa shape index (κ2) is 14.8. The fourth-order valence-electron chi connectivity index (χ4n) is 10.8. The van der Waals surface area contributed by atoms with Gasteiger partial charge in [-0.3, -0.25) is 9.59 Å². The summed E-state index contributed by atoms with van der Waals surface area (Å²) in [7, 11) is 0. The summed E-state index contributed by atoms with van der Waals surface area (Å²) >= 11 is 0. The molecule has 0 radical (unpaired) electrons. The highest BCUT2D eigenvalue weighted by Crippen LogP contribution is 2.70. The fraction of sp³-hybridized carbons (Fsp3) is 0.889. The first kappa shape index (κ1) is 38.9. The minimum atomic E-state index is -1.85. The number of aliphatic carboxylic acids is 1. The van der Waals surface area contributed by atoms with Gasteiger partial charge < -0.3 is 64.5 Å². The zero-order chi connectivity index (χ0) is 37.2. The molecule has 290 valence electrons. The minimum Gasteiger partial charge on any atom is -0.481 e. The van der Waals surface area contributed by atoms with E-state index in [0.29, 0.717) is 12.8 Å². The van der Waals surface area contributed by atoms with Crippen LogP contribution in [0.4, 0.5) is 0 Å². The van der Waals surface area contributed by atoms with Crippen LogP contribution in [0.15, 0.2) is 12.2 Å². The molecular weight excluding hydrogens is 672 g/mol. The highest BCUT2D eigenvalue weighted by atomic mass is 16.7. The molecule has 0 aromatic carbocycles. The molecule has 8 N–H and O–H groups in total. The number of hydrogen-bond acceptors (Lipinski definition) is 14. The van der Waals surface area contributed by atoms with Crippen LogP contribution < -0.4 is 0 Å². The van der Waals surface area contributed by atoms with Crippen molar-refractivity contribution >= 4 is 11.9 Å². The standard InChI is InChI=1S/C36H56O15/c1-15(2)9-24(39)50-30-29(51-33-28(43)27(42)25(40)21(13-37)48-33)26(41)22(14-38)49-34(30)47-18-10-19(32(45)46)20-7-8-36-11-17(16(3)31(36)44)5-6-23(36)35(20,4)12-18/h15,17-23,25-31,33-34,37-38,40-44H,3,5-14H2,1-2,4H3,(H,45,46)/t17-,18-,19-,20-,21-,22-,23+,25-,26-,27+,28-,29+,30-,31+,33+,34-,35-,36-/m1/s1. The molecule has 51 heavy (non-hydrogen) atoms. The van der Waals surface area contributed by atoms with Gasteiger partial charge in [-0.25, -0.2) is 0 Å². The Morgan fingerprint density at radius 2 is 1.55 bits per heavy atom. The Labute approximate surface area is 297 Å². The van der Waals surface area contributed by atoms with Gasteiger partial charge in [-0.15, -0.1) is 0 Å². The molecule has 0 aromatic rings. The summed E-state index contributed by atoms with van der Waals surface area (Å²) in [4.78, 5) is 26.0. The van der Waals surface area contributed by atoms with E-state index in [1.165, 1.54) is 0 Å². The summed E-state index contributed by atoms with van der Waals surface area (Å²) < 4.78 is 30.0. The first-order valence-electron chi connectivity index (χ1n) is 18.4. The number of aliphatic hydroxyl groups excluding tert-OH is 7. The number of esters is 1. The third-order valence-electron chi connectivity index (χ3n) is 13.2. The summed E-state index contributed by atoms with van der Waals surface area (Å²) in [6.07, 6.45) is -13.1. The molecule has 15 heteroatoms. The maximum Gasteiger partial charge on any atom is 0.306 e. The largest absolute Gasteiger partial charge is 0.481 e. The molecule has 4 aliphatic carbocycles. The molecule has 6 fully saturated rings. The molecule has 2 saturated heterocycles. The number of ether oxygens (including phenoxy) is 5. The summed E-state index contributed by atoms with van der Waals surface area (Å²) in [5.41, 5.74) is -0.0942. The minimum absolute atomic E-state index is 0.00345. The molecular formula is C36H56O15. The van der Waals surface area contributed by atoms with Crippen LogP contribution in [0.2, 0.25) is 0 Å². The van der Waals surface area contributed by atoms with E-state index in [1.807, 2.05) is 0 Å². The molecule has 6 rings (SSSR count). The number of carbonyl (C=O) groups excluding carboxylic acids is 1. The summed E-state index contributed by atoms with van der Waals surface area (Å²) in [5.74, 6) is -2.49. The number of aliphatic hydroxyl groups is 7. The molecule has 0 aromatic heterocycles. The molecule has 2 bridgehead atoms. The van der Waals surface area contributed by atoms with E-state index in [4.69, 9.17) is 23.7 Å². The van der Waals surface area contributed by atoms with Crippen molar-refractivity contribution < 1.29 is 74.1 Å². The zero-order valence-corrected chi connectivity index (χ0v) is 29.5. The Hall–Kier alpha value is -1.76. The topological polar surface area (TPSA) is 242 Å². The number of rotatable bonds is 10. The van der Waals surface area contributed by atoms with Crippen molar-refractivity contribution in [3.8, 4) is 0 Å². The van der Waals surface area contributed by atoms with Gasteiger partial charge in [-0.2, -0.15) is 0 Å². The van der Waals surface area contributed by atoms with Gasteiger partial charge in [0.2, 0.25) is 0 Å². The summed E-state index contributed by atoms with van der Waals surface area (Å²) in [6.45, 7) is 8.46. The van der Waals surface area contributed by atoms with Crippen molar-refractivity contribution in [2.45, 2.75) is 146 Å². The summed E-state index contributed by atoms with van der Waals surface area (Å²) in [5, 5.41) is 84.8. The van der Waals surface area contributed by atoms with E-state index in [9.17, 15) is 50.4 Å². The lowest BCUT2D eigenvalue weighted by Gasteiger charge is -2.62. The van der Waals surface area contributed by atoms with Gasteiger partial charge in [-0.1, -0.05) is 27.4 Å². The third-order valence-corrected chi connectivity index (χ3v) is 13.2. The van der Waals surface area contributed by atoms with Gasteiger partial charge in [0.05, 0.1) is 31.3 Å². The normalized spacial score (nSPS) is 49.7. The third kappa shape index (κ3) is 6.79. The quantitative estimate of drug-likeness (QED) is 0.0828. The Morgan fingerprint density at radius 3 is 2.20 bits per heavy atom. The SMILES string of the molecule is C=C1[C@@H]2CC[C@H]3[C@]4(C)C[C@H](O[C@@H]5O[C@H](CO)[C@@H](O)[C@H](O[C@@H]6O[C@H](CO)[C@@H](O)[C@H](O)[C@H]6O)[C@H]5OC(=O)CC(C)C)C[C@@H](C(=O)O)[C@H]4CC[C@]3(C2)[C@H]1O. The predicted octanol–water partition coefficient (Wildman–Crippen LogP) is -0.163. The highest BCUT2D eigenvalue weighted by Gasteiger charge is 2.67. The number of carbonyl (C=O) groups is 2. The van der Waals surface area contributed by atoms with Crippen molar-refractivity contribution in [2.75, 3.05) is 13.2 Å². The van der Waals surface area contributed by atoms with Gasteiger partial charge in [0.1, 0.15) is 42.7 Å². The Kier molecular flexibility index (Phi) is 11.3. The van der Waals surface area contributed by atoms with Crippen molar-refractivity contribution in [3.63, 3.8) is 0 Å². The van der Waals surface area contributed by atoms with Crippen molar-refractivity contribution in [3.05, 3.63) is 12.2 Å². The first-order chi connectivity index (χ1) is 24.1. The second-order valence-corrected chi connectivity index (χ2v) is 16.6. The van der Waals surface area contributed by atoms with Crippen LogP contribution in [0.5, 0.6) is 0 Å². The van der Waals surface area contributed by atoms with E-state index >= 15 is 0 Å². The molecule has 0 unspecified atom stereocenters. The molecule has 0 amide bonds. The first-order valence-corrected chi connectivity index (χ1v) is 18.4. The number of carboxylic acid groups (broad SMARTS) is 1. The molecule has 2 heterocycles. The fourth-order valence-corrected chi connectivity index (χ4v) is 10.8. The Balaban J connectivity index is 1.31. The average molecular weight is 729 g/mol. The highest BCUT2D eigenvalue weighted by molar-refractivity contribution is 5.71. The second-order valence-electron chi connectivity index (χ2n) is 16.6. The molecule has 2 aliphatic heterocycles. The van der Waals surface area contributed by atoms with Gasteiger partial charge in [0.15, 0.2) is 18.7 Å². The van der Waals surface area contributed by atoms with Crippen molar-refractivity contribution in [1.82, 2.24) is 0 Å². The predicted molar refractivity (Wildman–Crippen MR) is 174 cm³/mol. The summed E-state index contributed by atoms with van der Waals surface area (Å²) in [6, 6.07) is 0. The van der Waals surface area contributed by atoms with Crippen molar-refractivity contribution in [1.29, 1.82) is 0 Å². The van der Waals surface area contributed by atoms with E-state index in [2.05, 4.69) is 13.5 Å². The van der Waals surface area contributed by atoms with Crippen LogP contribution in [0.1, 0.15) is 72.1 Å². The Bertz CT molecular complexity index is 1290. The molecule has 4 saturated carbocycles. The van der Waals surface area contributed by atoms with E-state index < -0.39 is 116 Å². The van der Waals surface area contributed by atoms with E-state index in [1.54, 1.807) is 13.8 Å². The molecule has 15 nitrogen and oxygen atoms in total. The van der Waals surface area contributed by atoms with Crippen LogP contribution in [0.25, 0.3) is 0 Å². The molecule has 18 atom stereocenters. The van der Waals surface area contributed by atoms with Crippen LogP contribution in [-0.2, 0) is 33.3 Å². The lowest BCUT2D eigenvalue weighted by atomic mass is 9.43. The van der Waals surface area contributed by atoms with Gasteiger partial charge >= 0.3 is 11.9 Å². The van der Waals surface area contributed by atoms with Gasteiger partial charge in [0, 0.05) is 11.8 Å². The van der Waals surface area contributed by atoms with Crippen LogP contribution >= 0.6 is 0 Å². The maximum atomic E-state index is 13.2. The smallest absolute Gasteiger partial charge is 0.306 e. The maximum absolute atomic E-state index is 13.2. The number of hydrogen-bond donors (Lipinski definition) is 8. The lowest BCUT2D eigenvalue weighted by molar-refractivity contribution is -0.366. The average Bonchev–Trinajstić information content (AvgIpc) is 3.25. The Morgan fingerprint density at radius 1 is 0.882 bits per heavy atom. The van der Waals surface area contributed by atoms with Gasteiger partial charge in [0.25, 0.3) is 0 Å². The van der Waals surface area contributed by atoms with E-state index in [-0.39, 0.29) is 36.5 Å². The van der Waals surface area contributed by atoms with Gasteiger partial charge in [-0.05, 0) is 79.6 Å². The van der Waals surface area contributed by atoms with E-state index in [0.717, 1.165) is 31.3 Å².